The Hall–Kier alpha value is -3.03. The highest BCUT2D eigenvalue weighted by atomic mass is 35.5. The maximum absolute atomic E-state index is 13.3. The zero-order chi connectivity index (χ0) is 21.3. The summed E-state index contributed by atoms with van der Waals surface area (Å²) >= 11 is 6.15. The van der Waals surface area contributed by atoms with Crippen LogP contribution in [0.5, 0.6) is 5.75 Å². The number of fused-ring (bicyclic) bond motifs is 3. The van der Waals surface area contributed by atoms with Crippen LogP contribution in [-0.2, 0) is 14.8 Å². The molecule has 8 heteroatoms. The number of benzene rings is 3. The fraction of sp³-hybridized carbons (Fsp3) is 0.136. The van der Waals surface area contributed by atoms with Crippen molar-refractivity contribution in [3.8, 4) is 16.9 Å². The lowest BCUT2D eigenvalue weighted by Crippen LogP contribution is -2.40. The molecule has 1 amide bonds. The van der Waals surface area contributed by atoms with Crippen LogP contribution in [0.4, 0.5) is 11.4 Å². The number of amides is 1. The smallest absolute Gasteiger partial charge is 0.265 e. The number of sulfonamides is 1. The maximum atomic E-state index is 13.3. The lowest BCUT2D eigenvalue weighted by Gasteiger charge is -2.31. The van der Waals surface area contributed by atoms with Crippen molar-refractivity contribution in [2.75, 3.05) is 22.8 Å². The summed E-state index contributed by atoms with van der Waals surface area (Å²) in [6.45, 7) is 2.07. The minimum atomic E-state index is -3.90. The van der Waals surface area contributed by atoms with Crippen LogP contribution in [0.3, 0.4) is 0 Å². The molecule has 0 aromatic heterocycles. The molecule has 1 aliphatic heterocycles. The van der Waals surface area contributed by atoms with Crippen LogP contribution in [-0.4, -0.2) is 27.5 Å². The summed E-state index contributed by atoms with van der Waals surface area (Å²) in [5, 5.41) is 3.22. The van der Waals surface area contributed by atoms with Crippen LogP contribution in [0.25, 0.3) is 11.1 Å². The van der Waals surface area contributed by atoms with E-state index in [2.05, 4.69) is 5.32 Å². The fourth-order valence-electron chi connectivity index (χ4n) is 3.41. The highest BCUT2D eigenvalue weighted by Gasteiger charge is 2.35. The van der Waals surface area contributed by atoms with Crippen molar-refractivity contribution in [3.63, 3.8) is 0 Å². The quantitative estimate of drug-likeness (QED) is 0.628. The summed E-state index contributed by atoms with van der Waals surface area (Å²) in [5.41, 5.74) is 2.20. The first-order chi connectivity index (χ1) is 14.4. The molecule has 0 spiro atoms. The average molecular weight is 443 g/mol. The normalized spacial score (nSPS) is 13.9. The number of ether oxygens (including phenoxy) is 1. The Labute approximate surface area is 180 Å². The van der Waals surface area contributed by atoms with Gasteiger partial charge in [0.1, 0.15) is 12.3 Å². The second-order valence-electron chi connectivity index (χ2n) is 6.67. The Morgan fingerprint density at radius 1 is 1.03 bits per heavy atom. The fourth-order valence-corrected chi connectivity index (χ4v) is 5.23. The van der Waals surface area contributed by atoms with Crippen LogP contribution in [0.15, 0.2) is 71.6 Å². The summed E-state index contributed by atoms with van der Waals surface area (Å²) in [5.74, 6) is 0.236. The van der Waals surface area contributed by atoms with Gasteiger partial charge in [-0.25, -0.2) is 8.42 Å². The number of carbonyl (C=O) groups excluding carboxylic acids is 1. The van der Waals surface area contributed by atoms with E-state index < -0.39 is 15.9 Å². The van der Waals surface area contributed by atoms with Crippen molar-refractivity contribution in [1.82, 2.24) is 0 Å². The van der Waals surface area contributed by atoms with Crippen molar-refractivity contribution in [3.05, 3.63) is 71.8 Å². The van der Waals surface area contributed by atoms with Crippen molar-refractivity contribution < 1.29 is 17.9 Å². The molecule has 1 heterocycles. The summed E-state index contributed by atoms with van der Waals surface area (Å²) in [7, 11) is -3.90. The number of nitrogens with one attached hydrogen (secondary N) is 1. The Balaban J connectivity index is 1.64. The number of nitrogens with zero attached hydrogens (tertiary/aromatic N) is 1. The van der Waals surface area contributed by atoms with Crippen LogP contribution < -0.4 is 14.4 Å². The molecule has 3 aromatic carbocycles. The number of carbonyl (C=O) groups is 1. The molecule has 1 N–H and O–H groups in total. The van der Waals surface area contributed by atoms with Gasteiger partial charge in [-0.15, -0.1) is 0 Å². The summed E-state index contributed by atoms with van der Waals surface area (Å²) in [4.78, 5) is 12.8. The van der Waals surface area contributed by atoms with Crippen molar-refractivity contribution >= 4 is 38.9 Å². The zero-order valence-corrected chi connectivity index (χ0v) is 17.7. The van der Waals surface area contributed by atoms with Gasteiger partial charge in [0.25, 0.3) is 10.0 Å². The van der Waals surface area contributed by atoms with Gasteiger partial charge in [0.05, 0.1) is 17.2 Å². The SMILES string of the molecule is CCOc1ccc(NC(=O)CN2c3ccc(Cl)cc3-c3ccccc3S2(=O)=O)cc1. The lowest BCUT2D eigenvalue weighted by atomic mass is 10.0. The van der Waals surface area contributed by atoms with Gasteiger partial charge >= 0.3 is 0 Å². The molecule has 0 aliphatic carbocycles. The molecular formula is C22H19ClN2O4S. The van der Waals surface area contributed by atoms with E-state index in [0.717, 1.165) is 4.31 Å². The highest BCUT2D eigenvalue weighted by molar-refractivity contribution is 7.93. The second kappa shape index (κ2) is 8.01. The monoisotopic (exact) mass is 442 g/mol. The van der Waals surface area contributed by atoms with Gasteiger partial charge in [-0.1, -0.05) is 29.8 Å². The summed E-state index contributed by atoms with van der Waals surface area (Å²) in [6.07, 6.45) is 0. The van der Waals surface area contributed by atoms with Gasteiger partial charge in [0.15, 0.2) is 0 Å². The van der Waals surface area contributed by atoms with E-state index >= 15 is 0 Å². The molecule has 3 aromatic rings. The van der Waals surface area contributed by atoms with E-state index in [9.17, 15) is 13.2 Å². The largest absolute Gasteiger partial charge is 0.494 e. The molecule has 4 rings (SSSR count). The molecule has 0 atom stereocenters. The number of halogens is 1. The first-order valence-electron chi connectivity index (χ1n) is 9.34. The molecule has 1 aliphatic rings. The van der Waals surface area contributed by atoms with E-state index in [1.54, 1.807) is 60.7 Å². The topological polar surface area (TPSA) is 75.7 Å². The van der Waals surface area contributed by atoms with Crippen LogP contribution in [0, 0.1) is 0 Å². The van der Waals surface area contributed by atoms with E-state index in [4.69, 9.17) is 16.3 Å². The minimum absolute atomic E-state index is 0.147. The van der Waals surface area contributed by atoms with Crippen LogP contribution in [0.2, 0.25) is 5.02 Å². The first kappa shape index (κ1) is 20.3. The molecule has 154 valence electrons. The molecule has 0 saturated heterocycles. The average Bonchev–Trinajstić information content (AvgIpc) is 2.73. The van der Waals surface area contributed by atoms with Crippen molar-refractivity contribution in [2.24, 2.45) is 0 Å². The molecule has 6 nitrogen and oxygen atoms in total. The predicted octanol–water partition coefficient (Wildman–Crippen LogP) is 4.55. The predicted molar refractivity (Wildman–Crippen MR) is 118 cm³/mol. The second-order valence-corrected chi connectivity index (χ2v) is 8.94. The van der Waals surface area contributed by atoms with E-state index in [1.165, 1.54) is 6.07 Å². The number of anilines is 2. The molecule has 0 fully saturated rings. The number of rotatable bonds is 5. The van der Waals surface area contributed by atoms with E-state index in [1.807, 2.05) is 6.92 Å². The third-order valence-corrected chi connectivity index (χ3v) is 6.76. The van der Waals surface area contributed by atoms with E-state index in [-0.39, 0.29) is 11.4 Å². The van der Waals surface area contributed by atoms with Gasteiger partial charge in [0, 0.05) is 21.8 Å². The maximum Gasteiger partial charge on any atom is 0.265 e. The van der Waals surface area contributed by atoms with Gasteiger partial charge < -0.3 is 10.1 Å². The van der Waals surface area contributed by atoms with Gasteiger partial charge in [-0.05, 0) is 55.5 Å². The minimum Gasteiger partial charge on any atom is -0.494 e. The molecular weight excluding hydrogens is 424 g/mol. The summed E-state index contributed by atoms with van der Waals surface area (Å²) < 4.78 is 33.0. The molecule has 0 radical (unpaired) electrons. The van der Waals surface area contributed by atoms with Gasteiger partial charge in [-0.2, -0.15) is 0 Å². The van der Waals surface area contributed by atoms with Crippen molar-refractivity contribution in [1.29, 1.82) is 0 Å². The molecule has 0 bridgehead atoms. The van der Waals surface area contributed by atoms with Crippen molar-refractivity contribution in [2.45, 2.75) is 11.8 Å². The number of hydrogen-bond acceptors (Lipinski definition) is 4. The highest BCUT2D eigenvalue weighted by Crippen LogP contribution is 2.43. The Morgan fingerprint density at radius 3 is 2.50 bits per heavy atom. The van der Waals surface area contributed by atoms with E-state index in [0.29, 0.717) is 39.9 Å². The third kappa shape index (κ3) is 3.74. The van der Waals surface area contributed by atoms with Gasteiger partial charge in [-0.3, -0.25) is 9.10 Å². The zero-order valence-electron chi connectivity index (χ0n) is 16.1. The lowest BCUT2D eigenvalue weighted by molar-refractivity contribution is -0.114. The number of hydrogen-bond donors (Lipinski definition) is 1. The van der Waals surface area contributed by atoms with Crippen LogP contribution in [0.1, 0.15) is 6.92 Å². The molecule has 30 heavy (non-hydrogen) atoms. The Bertz CT molecular complexity index is 1210. The summed E-state index contributed by atoms with van der Waals surface area (Å²) in [6, 6.07) is 18.5. The van der Waals surface area contributed by atoms with Gasteiger partial charge in [0.2, 0.25) is 5.91 Å². The standard InChI is InChI=1S/C22H19ClN2O4S/c1-2-29-17-10-8-16(9-11-17)24-22(26)14-25-20-12-7-15(23)13-19(20)18-5-3-4-6-21(18)30(25,27)28/h3-13H,2,14H2,1H3,(H,24,26). The molecule has 0 saturated carbocycles. The Morgan fingerprint density at radius 2 is 1.77 bits per heavy atom. The molecule has 0 unspecified atom stereocenters. The first-order valence-corrected chi connectivity index (χ1v) is 11.2. The Kier molecular flexibility index (Phi) is 5.40. The van der Waals surface area contributed by atoms with Crippen LogP contribution >= 0.6 is 11.6 Å². The third-order valence-electron chi connectivity index (χ3n) is 4.71.